The van der Waals surface area contributed by atoms with Gasteiger partial charge < -0.3 is 5.11 Å². The molecule has 0 aliphatic carbocycles. The van der Waals surface area contributed by atoms with Gasteiger partial charge in [-0.2, -0.15) is 5.26 Å². The largest absolute Gasteiger partial charge is 0.478 e. The Morgan fingerprint density at radius 3 is 2.64 bits per heavy atom. The molecule has 0 atom stereocenters. The lowest BCUT2D eigenvalue weighted by Crippen LogP contribution is -2.32. The number of hydrogen-bond donors (Lipinski definition) is 1. The van der Waals surface area contributed by atoms with E-state index in [1.54, 1.807) is 6.07 Å². The zero-order valence-electron chi connectivity index (χ0n) is 14.4. The summed E-state index contributed by atoms with van der Waals surface area (Å²) in [6, 6.07) is 15.9. The predicted molar refractivity (Wildman–Crippen MR) is 96.5 cm³/mol. The Labute approximate surface area is 148 Å². The lowest BCUT2D eigenvalue weighted by atomic mass is 9.86. The molecule has 0 saturated carbocycles. The van der Waals surface area contributed by atoms with Crippen LogP contribution in [0.1, 0.15) is 51.4 Å². The quantitative estimate of drug-likeness (QED) is 0.919. The zero-order valence-corrected chi connectivity index (χ0v) is 14.4. The topological polar surface area (TPSA) is 64.3 Å². The van der Waals surface area contributed by atoms with Crippen LogP contribution >= 0.6 is 0 Å². The summed E-state index contributed by atoms with van der Waals surface area (Å²) >= 11 is 0. The summed E-state index contributed by atoms with van der Waals surface area (Å²) in [6.07, 6.45) is 2.05. The molecule has 0 radical (unpaired) electrons. The summed E-state index contributed by atoms with van der Waals surface area (Å²) in [6.45, 7) is 4.51. The third-order valence-electron chi connectivity index (χ3n) is 5.05. The van der Waals surface area contributed by atoms with Gasteiger partial charge in [0.1, 0.15) is 0 Å². The average Bonchev–Trinajstić information content (AvgIpc) is 2.63. The Kier molecular flexibility index (Phi) is 5.16. The molecule has 1 fully saturated rings. The highest BCUT2D eigenvalue weighted by atomic mass is 16.4. The molecule has 4 nitrogen and oxygen atoms in total. The second-order valence-corrected chi connectivity index (χ2v) is 6.70. The molecule has 25 heavy (non-hydrogen) atoms. The van der Waals surface area contributed by atoms with Crippen molar-refractivity contribution in [3.8, 4) is 6.07 Å². The van der Waals surface area contributed by atoms with Gasteiger partial charge in [-0.05, 0) is 67.6 Å². The molecule has 0 bridgehead atoms. The predicted octanol–water partition coefficient (Wildman–Crippen LogP) is 3.94. The van der Waals surface area contributed by atoms with Crippen LogP contribution in [0.4, 0.5) is 0 Å². The highest BCUT2D eigenvalue weighted by molar-refractivity contribution is 5.89. The summed E-state index contributed by atoms with van der Waals surface area (Å²) in [5, 5.41) is 18.5. The third-order valence-corrected chi connectivity index (χ3v) is 5.05. The molecule has 128 valence electrons. The maximum absolute atomic E-state index is 11.3. The lowest BCUT2D eigenvalue weighted by Gasteiger charge is -2.32. The molecule has 1 heterocycles. The van der Waals surface area contributed by atoms with Crippen molar-refractivity contribution in [3.63, 3.8) is 0 Å². The van der Waals surface area contributed by atoms with Crippen LogP contribution in [0.15, 0.2) is 42.5 Å². The van der Waals surface area contributed by atoms with E-state index in [2.05, 4.69) is 17.0 Å². The lowest BCUT2D eigenvalue weighted by molar-refractivity contribution is 0.0696. The molecule has 2 aromatic rings. The summed E-state index contributed by atoms with van der Waals surface area (Å²) < 4.78 is 0. The van der Waals surface area contributed by atoms with E-state index in [4.69, 9.17) is 0 Å². The van der Waals surface area contributed by atoms with Gasteiger partial charge >= 0.3 is 5.97 Å². The van der Waals surface area contributed by atoms with E-state index in [0.717, 1.165) is 54.7 Å². The number of nitriles is 1. The van der Waals surface area contributed by atoms with Crippen molar-refractivity contribution in [1.29, 1.82) is 5.26 Å². The van der Waals surface area contributed by atoms with Crippen molar-refractivity contribution in [1.82, 2.24) is 4.90 Å². The maximum Gasteiger partial charge on any atom is 0.335 e. The number of benzene rings is 2. The Bertz CT molecular complexity index is 815. The molecule has 3 rings (SSSR count). The average molecular weight is 334 g/mol. The number of aromatic carboxylic acids is 1. The first-order valence-corrected chi connectivity index (χ1v) is 8.62. The molecule has 0 aromatic heterocycles. The number of carboxylic acids is 1. The van der Waals surface area contributed by atoms with Crippen LogP contribution in [0, 0.1) is 18.3 Å². The van der Waals surface area contributed by atoms with Crippen LogP contribution < -0.4 is 0 Å². The number of aryl methyl sites for hydroxylation is 1. The molecule has 0 unspecified atom stereocenters. The number of likely N-dealkylation sites (tertiary alicyclic amines) is 1. The van der Waals surface area contributed by atoms with E-state index >= 15 is 0 Å². The first-order valence-electron chi connectivity index (χ1n) is 8.62. The van der Waals surface area contributed by atoms with Gasteiger partial charge in [-0.3, -0.25) is 4.90 Å². The van der Waals surface area contributed by atoms with Gasteiger partial charge in [0, 0.05) is 6.54 Å². The van der Waals surface area contributed by atoms with Crippen molar-refractivity contribution in [2.75, 3.05) is 13.1 Å². The first kappa shape index (κ1) is 17.2. The summed E-state index contributed by atoms with van der Waals surface area (Å²) in [5.41, 5.74) is 4.16. The Morgan fingerprint density at radius 1 is 1.24 bits per heavy atom. The zero-order chi connectivity index (χ0) is 17.8. The van der Waals surface area contributed by atoms with Gasteiger partial charge in [0.05, 0.1) is 17.2 Å². The number of nitrogens with zero attached hydrogens (tertiary/aromatic N) is 2. The molecule has 0 amide bonds. The third kappa shape index (κ3) is 3.89. The maximum atomic E-state index is 11.3. The molecule has 4 heteroatoms. The van der Waals surface area contributed by atoms with Crippen LogP contribution in [-0.2, 0) is 6.54 Å². The van der Waals surface area contributed by atoms with E-state index in [1.807, 2.05) is 37.3 Å². The second kappa shape index (κ2) is 7.50. The molecule has 0 spiro atoms. The SMILES string of the molecule is Cc1ccc(CN2CCC(c3ccccc3C#N)CC2)cc1C(=O)O. The Morgan fingerprint density at radius 2 is 1.96 bits per heavy atom. The van der Waals surface area contributed by atoms with E-state index < -0.39 is 5.97 Å². The minimum absolute atomic E-state index is 0.385. The monoisotopic (exact) mass is 334 g/mol. The summed E-state index contributed by atoms with van der Waals surface area (Å²) in [7, 11) is 0. The van der Waals surface area contributed by atoms with Crippen LogP contribution in [-0.4, -0.2) is 29.1 Å². The standard InChI is InChI=1S/C21H22N2O2/c1-15-6-7-16(12-20(15)21(24)25)14-23-10-8-17(9-11-23)19-5-3-2-4-18(19)13-22/h2-7,12,17H,8-11,14H2,1H3,(H,24,25). The van der Waals surface area contributed by atoms with Gasteiger partial charge in [-0.25, -0.2) is 4.79 Å². The molecule has 1 saturated heterocycles. The number of piperidine rings is 1. The molecular formula is C21H22N2O2. The van der Waals surface area contributed by atoms with Gasteiger partial charge in [0.25, 0.3) is 0 Å². The van der Waals surface area contributed by atoms with Crippen molar-refractivity contribution in [2.45, 2.75) is 32.2 Å². The Balaban J connectivity index is 1.64. The van der Waals surface area contributed by atoms with Crippen molar-refractivity contribution < 1.29 is 9.90 Å². The van der Waals surface area contributed by atoms with Crippen molar-refractivity contribution in [3.05, 3.63) is 70.3 Å². The molecular weight excluding hydrogens is 312 g/mol. The second-order valence-electron chi connectivity index (χ2n) is 6.70. The molecule has 1 aliphatic rings. The van der Waals surface area contributed by atoms with E-state index in [0.29, 0.717) is 11.5 Å². The minimum atomic E-state index is -0.869. The van der Waals surface area contributed by atoms with E-state index in [-0.39, 0.29) is 0 Å². The fourth-order valence-corrected chi connectivity index (χ4v) is 3.61. The van der Waals surface area contributed by atoms with Crippen LogP contribution in [0.2, 0.25) is 0 Å². The van der Waals surface area contributed by atoms with Crippen LogP contribution in [0.25, 0.3) is 0 Å². The summed E-state index contributed by atoms with van der Waals surface area (Å²) in [5.74, 6) is -0.439. The smallest absolute Gasteiger partial charge is 0.335 e. The highest BCUT2D eigenvalue weighted by Crippen LogP contribution is 2.30. The van der Waals surface area contributed by atoms with Crippen LogP contribution in [0.5, 0.6) is 0 Å². The Hall–Kier alpha value is -2.64. The van der Waals surface area contributed by atoms with Crippen molar-refractivity contribution in [2.24, 2.45) is 0 Å². The number of hydrogen-bond acceptors (Lipinski definition) is 3. The summed E-state index contributed by atoms with van der Waals surface area (Å²) in [4.78, 5) is 13.6. The molecule has 1 aliphatic heterocycles. The normalized spacial score (nSPS) is 15.7. The van der Waals surface area contributed by atoms with Gasteiger partial charge in [0.2, 0.25) is 0 Å². The van der Waals surface area contributed by atoms with E-state index in [9.17, 15) is 15.2 Å². The fraction of sp³-hybridized carbons (Fsp3) is 0.333. The number of carboxylic acid groups (broad SMARTS) is 1. The van der Waals surface area contributed by atoms with Gasteiger partial charge in [0.15, 0.2) is 0 Å². The minimum Gasteiger partial charge on any atom is -0.478 e. The van der Waals surface area contributed by atoms with Crippen LogP contribution in [0.3, 0.4) is 0 Å². The number of rotatable bonds is 4. The highest BCUT2D eigenvalue weighted by Gasteiger charge is 2.22. The first-order chi connectivity index (χ1) is 12.1. The van der Waals surface area contributed by atoms with Gasteiger partial charge in [-0.1, -0.05) is 30.3 Å². The fourth-order valence-electron chi connectivity index (χ4n) is 3.61. The number of carbonyl (C=O) groups is 1. The van der Waals surface area contributed by atoms with E-state index in [1.165, 1.54) is 0 Å². The van der Waals surface area contributed by atoms with Crippen molar-refractivity contribution >= 4 is 5.97 Å². The molecule has 2 aromatic carbocycles. The molecule has 1 N–H and O–H groups in total. The van der Waals surface area contributed by atoms with Gasteiger partial charge in [-0.15, -0.1) is 0 Å².